The Morgan fingerprint density at radius 1 is 1.28 bits per heavy atom. The number of nitrogens with zero attached hydrogens (tertiary/aromatic N) is 2. The number of amidine groups is 1. The summed E-state index contributed by atoms with van der Waals surface area (Å²) in [5.74, 6) is -1.19. The maximum atomic E-state index is 12.0. The summed E-state index contributed by atoms with van der Waals surface area (Å²) in [5.41, 5.74) is 0.802. The molecule has 10 nitrogen and oxygen atoms in total. The first-order valence-electron chi connectivity index (χ1n) is 8.65. The van der Waals surface area contributed by atoms with Crippen molar-refractivity contribution in [2.24, 2.45) is 4.99 Å². The predicted octanol–water partition coefficient (Wildman–Crippen LogP) is 1.19. The van der Waals surface area contributed by atoms with Crippen molar-refractivity contribution in [3.05, 3.63) is 41.6 Å². The van der Waals surface area contributed by atoms with Crippen LogP contribution in [0.25, 0.3) is 0 Å². The number of carbonyl (C=O) groups is 2. The minimum Gasteiger partial charge on any atom is -0.454 e. The van der Waals surface area contributed by atoms with E-state index in [4.69, 9.17) is 9.26 Å². The zero-order chi connectivity index (χ0) is 21.2. The lowest BCUT2D eigenvalue weighted by Gasteiger charge is -2.12. The number of hydrogen-bond acceptors (Lipinski definition) is 8. The highest BCUT2D eigenvalue weighted by Gasteiger charge is 2.30. The molecule has 1 amide bonds. The van der Waals surface area contributed by atoms with Crippen molar-refractivity contribution in [2.45, 2.75) is 31.1 Å². The van der Waals surface area contributed by atoms with E-state index < -0.39 is 35.1 Å². The molecule has 11 heteroatoms. The first-order valence-corrected chi connectivity index (χ1v) is 10.1. The van der Waals surface area contributed by atoms with Crippen LogP contribution in [-0.2, 0) is 29.8 Å². The molecule has 0 aliphatic carbocycles. The van der Waals surface area contributed by atoms with E-state index in [0.717, 1.165) is 0 Å². The number of fused-ring (bicyclic) bond motifs is 1. The van der Waals surface area contributed by atoms with Crippen LogP contribution in [0.15, 0.2) is 44.7 Å². The maximum Gasteiger partial charge on any atom is 0.328 e. The van der Waals surface area contributed by atoms with E-state index in [2.05, 4.69) is 20.2 Å². The molecule has 0 saturated heterocycles. The fraction of sp³-hybridized carbons (Fsp3) is 0.333. The molecule has 1 aliphatic rings. The van der Waals surface area contributed by atoms with E-state index in [0.29, 0.717) is 11.3 Å². The Hall–Kier alpha value is -3.21. The summed E-state index contributed by atoms with van der Waals surface area (Å²) < 4.78 is 36.1. The van der Waals surface area contributed by atoms with Gasteiger partial charge in [0.05, 0.1) is 10.6 Å². The first kappa shape index (κ1) is 20.5. The van der Waals surface area contributed by atoms with Gasteiger partial charge in [0.1, 0.15) is 12.4 Å². The van der Waals surface area contributed by atoms with Crippen molar-refractivity contribution in [3.8, 4) is 0 Å². The van der Waals surface area contributed by atoms with Crippen molar-refractivity contribution >= 4 is 33.6 Å². The topological polar surface area (TPSA) is 140 Å². The van der Waals surface area contributed by atoms with Crippen LogP contribution in [-0.4, -0.2) is 44.4 Å². The zero-order valence-electron chi connectivity index (χ0n) is 16.1. The van der Waals surface area contributed by atoms with E-state index in [9.17, 15) is 18.0 Å². The van der Waals surface area contributed by atoms with Gasteiger partial charge in [-0.1, -0.05) is 38.1 Å². The van der Waals surface area contributed by atoms with E-state index in [-0.39, 0.29) is 22.0 Å². The van der Waals surface area contributed by atoms with Gasteiger partial charge in [-0.25, -0.2) is 8.42 Å². The number of amides is 1. The molecule has 2 aromatic rings. The Balaban J connectivity index is 1.52. The molecule has 1 aliphatic heterocycles. The van der Waals surface area contributed by atoms with E-state index in [1.165, 1.54) is 6.07 Å². The van der Waals surface area contributed by atoms with Gasteiger partial charge in [-0.2, -0.15) is 0 Å². The molecule has 2 N–H and O–H groups in total. The average Bonchev–Trinajstić information content (AvgIpc) is 3.21. The van der Waals surface area contributed by atoms with Crippen molar-refractivity contribution in [3.63, 3.8) is 0 Å². The van der Waals surface area contributed by atoms with Gasteiger partial charge in [0, 0.05) is 17.0 Å². The number of aromatic nitrogens is 1. The van der Waals surface area contributed by atoms with Crippen LogP contribution in [0.4, 0.5) is 5.88 Å². The van der Waals surface area contributed by atoms with E-state index in [1.807, 2.05) is 20.8 Å². The number of anilines is 1. The fourth-order valence-corrected chi connectivity index (χ4v) is 3.70. The number of ether oxygens (including phenoxy) is 1. The molecular weight excluding hydrogens is 400 g/mol. The number of esters is 1. The highest BCUT2D eigenvalue weighted by atomic mass is 32.2. The summed E-state index contributed by atoms with van der Waals surface area (Å²) in [4.78, 5) is 27.8. The zero-order valence-corrected chi connectivity index (χ0v) is 16.9. The Bertz CT molecular complexity index is 1080. The normalized spacial score (nSPS) is 16.2. The molecule has 0 spiro atoms. The van der Waals surface area contributed by atoms with Gasteiger partial charge in [0.15, 0.2) is 6.61 Å². The number of benzene rings is 1. The molecule has 0 unspecified atom stereocenters. The Morgan fingerprint density at radius 2 is 2.00 bits per heavy atom. The second kappa shape index (κ2) is 7.66. The second-order valence-corrected chi connectivity index (χ2v) is 8.95. The molecule has 154 valence electrons. The van der Waals surface area contributed by atoms with Crippen molar-refractivity contribution in [1.82, 2.24) is 9.88 Å². The molecule has 1 aromatic carbocycles. The molecule has 0 radical (unpaired) electrons. The maximum absolute atomic E-state index is 12.0. The molecular formula is C18H20N4O6S. The predicted molar refractivity (Wildman–Crippen MR) is 103 cm³/mol. The summed E-state index contributed by atoms with van der Waals surface area (Å²) >= 11 is 0. The minimum atomic E-state index is -3.68. The number of aliphatic imine (C=N–C) groups is 1. The number of rotatable bonds is 5. The summed E-state index contributed by atoms with van der Waals surface area (Å²) in [7, 11) is -3.68. The SMILES string of the molecule is CC(C)(C)c1cc(NC(=O)COC(=O)CN=C2NS(=O)(=O)c3ccccc32)on1. The van der Waals surface area contributed by atoms with Crippen LogP contribution in [0.3, 0.4) is 0 Å². The van der Waals surface area contributed by atoms with Gasteiger partial charge in [-0.05, 0) is 12.1 Å². The third kappa shape index (κ3) is 4.80. The van der Waals surface area contributed by atoms with Gasteiger partial charge in [-0.15, -0.1) is 0 Å². The number of sulfonamides is 1. The van der Waals surface area contributed by atoms with Crippen molar-refractivity contribution in [1.29, 1.82) is 0 Å². The lowest BCUT2D eigenvalue weighted by atomic mass is 9.92. The smallest absolute Gasteiger partial charge is 0.328 e. The molecule has 3 rings (SSSR count). The summed E-state index contributed by atoms with van der Waals surface area (Å²) in [6, 6.07) is 7.86. The first-order chi connectivity index (χ1) is 13.6. The van der Waals surface area contributed by atoms with Crippen LogP contribution >= 0.6 is 0 Å². The van der Waals surface area contributed by atoms with Gasteiger partial charge >= 0.3 is 5.97 Å². The van der Waals surface area contributed by atoms with Crippen LogP contribution < -0.4 is 10.0 Å². The molecule has 1 aromatic heterocycles. The monoisotopic (exact) mass is 420 g/mol. The second-order valence-electron chi connectivity index (χ2n) is 7.30. The molecule has 0 bridgehead atoms. The van der Waals surface area contributed by atoms with Crippen LogP contribution in [0, 0.1) is 0 Å². The molecule has 0 fully saturated rings. The van der Waals surface area contributed by atoms with E-state index in [1.54, 1.807) is 24.3 Å². The summed E-state index contributed by atoms with van der Waals surface area (Å²) in [6.07, 6.45) is 0. The van der Waals surface area contributed by atoms with Gasteiger partial charge < -0.3 is 9.26 Å². The standard InChI is InChI=1S/C18H20N4O6S/c1-18(2,3)13-8-15(28-21-13)20-14(23)10-27-16(24)9-19-17-11-6-4-5-7-12(11)29(25,26)22-17/h4-8H,9-10H2,1-3H3,(H,19,22)(H,20,23). The quantitative estimate of drug-likeness (QED) is 0.693. The Kier molecular flexibility index (Phi) is 5.42. The fourth-order valence-electron chi connectivity index (χ4n) is 2.45. The van der Waals surface area contributed by atoms with Crippen molar-refractivity contribution < 1.29 is 27.3 Å². The third-order valence-electron chi connectivity index (χ3n) is 3.93. The van der Waals surface area contributed by atoms with Gasteiger partial charge in [-0.3, -0.25) is 24.6 Å². The van der Waals surface area contributed by atoms with Crippen LogP contribution in [0.1, 0.15) is 32.0 Å². The summed E-state index contributed by atoms with van der Waals surface area (Å²) in [6.45, 7) is 4.85. The molecule has 0 saturated carbocycles. The number of hydrogen-bond donors (Lipinski definition) is 2. The molecule has 0 atom stereocenters. The molecule has 2 heterocycles. The van der Waals surface area contributed by atoms with E-state index >= 15 is 0 Å². The highest BCUT2D eigenvalue weighted by molar-refractivity contribution is 7.90. The van der Waals surface area contributed by atoms with Crippen LogP contribution in [0.5, 0.6) is 0 Å². The largest absolute Gasteiger partial charge is 0.454 e. The third-order valence-corrected chi connectivity index (χ3v) is 5.33. The number of carbonyl (C=O) groups excluding carboxylic acids is 2. The van der Waals surface area contributed by atoms with Gasteiger partial charge in [0.25, 0.3) is 15.9 Å². The minimum absolute atomic E-state index is 0.0540. The lowest BCUT2D eigenvalue weighted by Crippen LogP contribution is -2.25. The average molecular weight is 420 g/mol. The summed E-state index contributed by atoms with van der Waals surface area (Å²) in [5, 5.41) is 6.31. The molecule has 29 heavy (non-hydrogen) atoms. The van der Waals surface area contributed by atoms with Crippen molar-refractivity contribution in [2.75, 3.05) is 18.5 Å². The Morgan fingerprint density at radius 3 is 2.69 bits per heavy atom. The Labute approximate surface area is 167 Å². The van der Waals surface area contributed by atoms with Crippen LogP contribution in [0.2, 0.25) is 0 Å². The van der Waals surface area contributed by atoms with Gasteiger partial charge in [0.2, 0.25) is 5.88 Å². The highest BCUT2D eigenvalue weighted by Crippen LogP contribution is 2.24. The lowest BCUT2D eigenvalue weighted by molar-refractivity contribution is -0.145. The number of nitrogens with one attached hydrogen (secondary N) is 2.